The molecule has 8 heteroatoms. The lowest BCUT2D eigenvalue weighted by Gasteiger charge is -2.18. The van der Waals surface area contributed by atoms with Crippen molar-refractivity contribution in [3.05, 3.63) is 11.7 Å². The molecule has 1 aliphatic rings. The van der Waals surface area contributed by atoms with Crippen LogP contribution < -0.4 is 10.6 Å². The predicted octanol–water partition coefficient (Wildman–Crippen LogP) is 0.444. The van der Waals surface area contributed by atoms with Gasteiger partial charge in [0.1, 0.15) is 6.54 Å². The van der Waals surface area contributed by atoms with E-state index in [2.05, 4.69) is 25.8 Å². The summed E-state index contributed by atoms with van der Waals surface area (Å²) in [7, 11) is 0. The highest BCUT2D eigenvalue weighted by Gasteiger charge is 2.25. The van der Waals surface area contributed by atoms with Gasteiger partial charge in [-0.05, 0) is 20.3 Å². The zero-order valence-corrected chi connectivity index (χ0v) is 13.4. The smallest absolute Gasteiger partial charge is 0.248 e. The quantitative estimate of drug-likeness (QED) is 0.605. The first kappa shape index (κ1) is 16.3. The molecule has 1 aromatic heterocycles. The maximum atomic E-state index is 11.7. The van der Waals surface area contributed by atoms with E-state index in [-0.39, 0.29) is 11.9 Å². The number of carbonyl (C=O) groups is 1. The van der Waals surface area contributed by atoms with Crippen molar-refractivity contribution in [2.45, 2.75) is 46.2 Å². The highest BCUT2D eigenvalue weighted by atomic mass is 16.5. The van der Waals surface area contributed by atoms with Gasteiger partial charge in [0.2, 0.25) is 11.8 Å². The fourth-order valence-electron chi connectivity index (χ4n) is 2.39. The molecule has 1 saturated heterocycles. The van der Waals surface area contributed by atoms with Crippen LogP contribution in [-0.4, -0.2) is 52.6 Å². The predicted molar refractivity (Wildman–Crippen MR) is 82.3 cm³/mol. The Morgan fingerprint density at radius 3 is 2.95 bits per heavy atom. The maximum Gasteiger partial charge on any atom is 0.248 e. The number of nitrogens with one attached hydrogen (secondary N) is 2. The molecule has 2 rings (SSSR count). The minimum absolute atomic E-state index is 0.201. The number of hydrogen-bond donors (Lipinski definition) is 2. The fraction of sp³-hybridized carbons (Fsp3) is 0.714. The van der Waals surface area contributed by atoms with Crippen molar-refractivity contribution in [1.82, 2.24) is 25.7 Å². The molecule has 0 aromatic carbocycles. The van der Waals surface area contributed by atoms with Gasteiger partial charge in [0.15, 0.2) is 11.8 Å². The molecule has 0 spiro atoms. The van der Waals surface area contributed by atoms with Gasteiger partial charge >= 0.3 is 0 Å². The summed E-state index contributed by atoms with van der Waals surface area (Å²) in [4.78, 5) is 22.2. The molecule has 1 amide bonds. The molecule has 1 aliphatic heterocycles. The Hall–Kier alpha value is -2.12. The molecule has 2 heterocycles. The summed E-state index contributed by atoms with van der Waals surface area (Å²) in [5, 5.41) is 10.3. The minimum atomic E-state index is 0.201. The van der Waals surface area contributed by atoms with Crippen LogP contribution in [0.3, 0.4) is 0 Å². The third kappa shape index (κ3) is 4.44. The minimum Gasteiger partial charge on any atom is -0.357 e. The second kappa shape index (κ2) is 7.77. The summed E-state index contributed by atoms with van der Waals surface area (Å²) >= 11 is 0. The lowest BCUT2D eigenvalue weighted by Crippen LogP contribution is -2.45. The van der Waals surface area contributed by atoms with Crippen LogP contribution in [0.5, 0.6) is 0 Å². The second-order valence-electron chi connectivity index (χ2n) is 5.25. The number of nitrogens with zero attached hydrogens (tertiary/aromatic N) is 4. The summed E-state index contributed by atoms with van der Waals surface area (Å²) in [6, 6.07) is 0.220. The van der Waals surface area contributed by atoms with Crippen LogP contribution in [-0.2, 0) is 11.3 Å². The Balaban J connectivity index is 1.90. The zero-order chi connectivity index (χ0) is 15.9. The SMILES string of the molecule is CCNC(=NCc1nc(C)no1)NC1CCN(C(=O)CC)C1. The molecule has 0 bridgehead atoms. The number of rotatable bonds is 5. The van der Waals surface area contributed by atoms with E-state index in [1.165, 1.54) is 0 Å². The Kier molecular flexibility index (Phi) is 5.74. The van der Waals surface area contributed by atoms with Crippen molar-refractivity contribution in [1.29, 1.82) is 0 Å². The highest BCUT2D eigenvalue weighted by Crippen LogP contribution is 2.10. The molecule has 1 atom stereocenters. The molecule has 0 aliphatic carbocycles. The van der Waals surface area contributed by atoms with E-state index in [0.717, 1.165) is 26.1 Å². The number of carbonyl (C=O) groups excluding carboxylic acids is 1. The highest BCUT2D eigenvalue weighted by molar-refractivity contribution is 5.80. The fourth-order valence-corrected chi connectivity index (χ4v) is 2.39. The summed E-state index contributed by atoms with van der Waals surface area (Å²) in [6.45, 7) is 8.29. The van der Waals surface area contributed by atoms with Gasteiger partial charge in [0.05, 0.1) is 0 Å². The van der Waals surface area contributed by atoms with Gasteiger partial charge in [-0.15, -0.1) is 0 Å². The third-order valence-corrected chi connectivity index (χ3v) is 3.47. The third-order valence-electron chi connectivity index (χ3n) is 3.47. The van der Waals surface area contributed by atoms with Gasteiger partial charge in [-0.3, -0.25) is 4.79 Å². The van der Waals surface area contributed by atoms with Crippen LogP contribution in [0.15, 0.2) is 9.52 Å². The number of guanidine groups is 1. The number of aryl methyl sites for hydroxylation is 1. The van der Waals surface area contributed by atoms with E-state index in [4.69, 9.17) is 4.52 Å². The normalized spacial score (nSPS) is 18.6. The second-order valence-corrected chi connectivity index (χ2v) is 5.25. The van der Waals surface area contributed by atoms with Crippen LogP contribution in [0.25, 0.3) is 0 Å². The van der Waals surface area contributed by atoms with E-state index in [1.54, 1.807) is 6.92 Å². The molecule has 22 heavy (non-hydrogen) atoms. The van der Waals surface area contributed by atoms with Crippen LogP contribution in [0.4, 0.5) is 0 Å². The van der Waals surface area contributed by atoms with E-state index < -0.39 is 0 Å². The first-order chi connectivity index (χ1) is 10.6. The van der Waals surface area contributed by atoms with Crippen molar-refractivity contribution < 1.29 is 9.32 Å². The zero-order valence-electron chi connectivity index (χ0n) is 13.4. The number of aromatic nitrogens is 2. The summed E-state index contributed by atoms with van der Waals surface area (Å²) in [5.74, 6) is 2.00. The number of amides is 1. The lowest BCUT2D eigenvalue weighted by molar-refractivity contribution is -0.129. The van der Waals surface area contributed by atoms with E-state index in [0.29, 0.717) is 30.6 Å². The first-order valence-electron chi connectivity index (χ1n) is 7.74. The Morgan fingerprint density at radius 1 is 1.50 bits per heavy atom. The number of aliphatic imine (C=N–C) groups is 1. The molecular formula is C14H24N6O2. The molecule has 1 fully saturated rings. The molecule has 2 N–H and O–H groups in total. The molecule has 1 aromatic rings. The summed E-state index contributed by atoms with van der Waals surface area (Å²) in [5.41, 5.74) is 0. The Bertz CT molecular complexity index is 527. The lowest BCUT2D eigenvalue weighted by atomic mass is 10.3. The average molecular weight is 308 g/mol. The van der Waals surface area contributed by atoms with Crippen molar-refractivity contribution in [2.75, 3.05) is 19.6 Å². The van der Waals surface area contributed by atoms with Gasteiger partial charge in [0.25, 0.3) is 0 Å². The topological polar surface area (TPSA) is 95.7 Å². The van der Waals surface area contributed by atoms with Crippen LogP contribution in [0.1, 0.15) is 38.4 Å². The molecule has 0 radical (unpaired) electrons. The van der Waals surface area contributed by atoms with Crippen LogP contribution in [0.2, 0.25) is 0 Å². The average Bonchev–Trinajstić information content (AvgIpc) is 3.13. The van der Waals surface area contributed by atoms with Gasteiger partial charge in [-0.1, -0.05) is 12.1 Å². The van der Waals surface area contributed by atoms with Gasteiger partial charge in [0, 0.05) is 32.1 Å². The molecule has 8 nitrogen and oxygen atoms in total. The molecule has 0 saturated carbocycles. The summed E-state index contributed by atoms with van der Waals surface area (Å²) < 4.78 is 5.05. The standard InChI is InChI=1S/C14H24N6O2/c1-4-13(21)20-7-6-11(9-20)18-14(15-5-2)16-8-12-17-10(3)19-22-12/h11H,4-9H2,1-3H3,(H2,15,16,18). The largest absolute Gasteiger partial charge is 0.357 e. The van der Waals surface area contributed by atoms with Crippen molar-refractivity contribution in [3.63, 3.8) is 0 Å². The molecule has 122 valence electrons. The molecule has 1 unspecified atom stereocenters. The van der Waals surface area contributed by atoms with Gasteiger partial charge < -0.3 is 20.1 Å². The van der Waals surface area contributed by atoms with Crippen molar-refractivity contribution in [2.24, 2.45) is 4.99 Å². The first-order valence-corrected chi connectivity index (χ1v) is 7.74. The van der Waals surface area contributed by atoms with Crippen molar-refractivity contribution in [3.8, 4) is 0 Å². The molecular weight excluding hydrogens is 284 g/mol. The van der Waals surface area contributed by atoms with Crippen LogP contribution >= 0.6 is 0 Å². The number of likely N-dealkylation sites (tertiary alicyclic amines) is 1. The van der Waals surface area contributed by atoms with E-state index >= 15 is 0 Å². The maximum absolute atomic E-state index is 11.7. The summed E-state index contributed by atoms with van der Waals surface area (Å²) in [6.07, 6.45) is 1.48. The van der Waals surface area contributed by atoms with Gasteiger partial charge in [-0.25, -0.2) is 4.99 Å². The Morgan fingerprint density at radius 2 is 2.32 bits per heavy atom. The van der Waals surface area contributed by atoms with E-state index in [1.807, 2.05) is 18.7 Å². The number of hydrogen-bond acceptors (Lipinski definition) is 5. The van der Waals surface area contributed by atoms with Crippen LogP contribution in [0, 0.1) is 6.92 Å². The monoisotopic (exact) mass is 308 g/mol. The van der Waals surface area contributed by atoms with Crippen molar-refractivity contribution >= 4 is 11.9 Å². The van der Waals surface area contributed by atoms with Gasteiger partial charge in [-0.2, -0.15) is 4.98 Å². The van der Waals surface area contributed by atoms with E-state index in [9.17, 15) is 4.79 Å². The Labute approximate surface area is 130 Å².